The highest BCUT2D eigenvalue weighted by atomic mass is 35.5. The minimum absolute atomic E-state index is 0.221. The number of likely N-dealkylation sites (N-methyl/N-ethyl adjacent to an activating group) is 1. The van der Waals surface area contributed by atoms with E-state index >= 15 is 0 Å². The Morgan fingerprint density at radius 1 is 1.35 bits per heavy atom. The number of rotatable bonds is 10. The molecule has 0 atom stereocenters. The summed E-state index contributed by atoms with van der Waals surface area (Å²) in [7, 11) is 1.84. The summed E-state index contributed by atoms with van der Waals surface area (Å²) in [5.41, 5.74) is 11.1. The van der Waals surface area contributed by atoms with Gasteiger partial charge in [-0.05, 0) is 48.7 Å². The first-order valence-corrected chi connectivity index (χ1v) is 10.6. The van der Waals surface area contributed by atoms with Crippen molar-refractivity contribution in [2.75, 3.05) is 33.4 Å². The van der Waals surface area contributed by atoms with E-state index in [0.717, 1.165) is 34.1 Å². The maximum absolute atomic E-state index is 11.6. The van der Waals surface area contributed by atoms with Crippen molar-refractivity contribution in [3.05, 3.63) is 69.4 Å². The average molecular weight is 442 g/mol. The van der Waals surface area contributed by atoms with Crippen molar-refractivity contribution in [2.45, 2.75) is 19.4 Å². The van der Waals surface area contributed by atoms with Gasteiger partial charge in [-0.1, -0.05) is 35.9 Å². The molecule has 1 aliphatic rings. The molecule has 0 spiro atoms. The van der Waals surface area contributed by atoms with Crippen LogP contribution in [-0.4, -0.2) is 52.0 Å². The van der Waals surface area contributed by atoms with E-state index in [1.54, 1.807) is 12.4 Å². The molecule has 0 bridgehead atoms. The van der Waals surface area contributed by atoms with Gasteiger partial charge in [0, 0.05) is 24.5 Å². The Hall–Kier alpha value is -2.67. The maximum Gasteiger partial charge on any atom is 0.153 e. The molecule has 0 radical (unpaired) electrons. The second-order valence-corrected chi connectivity index (χ2v) is 7.81. The normalized spacial score (nSPS) is 14.6. The molecular formula is C24H28ClN3O3. The van der Waals surface area contributed by atoms with Crippen LogP contribution in [0, 0.1) is 6.92 Å². The van der Waals surface area contributed by atoms with Gasteiger partial charge in [0.15, 0.2) is 6.29 Å². The van der Waals surface area contributed by atoms with Gasteiger partial charge in [0.05, 0.1) is 29.8 Å². The molecule has 0 aliphatic carbocycles. The smallest absolute Gasteiger partial charge is 0.153 e. The summed E-state index contributed by atoms with van der Waals surface area (Å²) in [4.78, 5) is 16.1. The average Bonchev–Trinajstić information content (AvgIpc) is 2.75. The summed E-state index contributed by atoms with van der Waals surface area (Å²) in [6.45, 7) is 4.38. The number of carbonyl (C=O) groups excluding carboxylic acids is 1. The largest absolute Gasteiger partial charge is 0.490 e. The van der Waals surface area contributed by atoms with Gasteiger partial charge in [0.25, 0.3) is 0 Å². The number of carbonyl (C=O) groups is 1. The quantitative estimate of drug-likeness (QED) is 0.335. The molecule has 164 valence electrons. The Morgan fingerprint density at radius 3 is 2.68 bits per heavy atom. The zero-order valence-electron chi connectivity index (χ0n) is 17.9. The van der Waals surface area contributed by atoms with Gasteiger partial charge in [-0.3, -0.25) is 9.79 Å². The monoisotopic (exact) mass is 441 g/mol. The third kappa shape index (κ3) is 5.73. The lowest BCUT2D eigenvalue weighted by Crippen LogP contribution is -2.31. The van der Waals surface area contributed by atoms with Gasteiger partial charge in [-0.2, -0.15) is 0 Å². The highest BCUT2D eigenvalue weighted by Crippen LogP contribution is 2.34. The van der Waals surface area contributed by atoms with Crippen molar-refractivity contribution in [3.8, 4) is 5.75 Å². The number of aldehydes is 1. The lowest BCUT2D eigenvalue weighted by atomic mass is 9.96. The number of allylic oxidation sites excluding steroid dienone is 1. The highest BCUT2D eigenvalue weighted by molar-refractivity contribution is 6.33. The van der Waals surface area contributed by atoms with Gasteiger partial charge < -0.3 is 20.5 Å². The molecule has 2 aromatic carbocycles. The van der Waals surface area contributed by atoms with Crippen molar-refractivity contribution in [2.24, 2.45) is 10.7 Å². The summed E-state index contributed by atoms with van der Waals surface area (Å²) in [6, 6.07) is 10.2. The maximum atomic E-state index is 11.6. The minimum atomic E-state index is 0.221. The summed E-state index contributed by atoms with van der Waals surface area (Å²) < 4.78 is 10.9. The van der Waals surface area contributed by atoms with Crippen molar-refractivity contribution < 1.29 is 14.3 Å². The Labute approximate surface area is 188 Å². The molecule has 1 aliphatic heterocycles. The van der Waals surface area contributed by atoms with E-state index in [-0.39, 0.29) is 6.04 Å². The van der Waals surface area contributed by atoms with Crippen molar-refractivity contribution >= 4 is 29.7 Å². The first-order chi connectivity index (χ1) is 15.1. The van der Waals surface area contributed by atoms with Crippen LogP contribution in [0.25, 0.3) is 5.57 Å². The molecule has 1 heterocycles. The van der Waals surface area contributed by atoms with Crippen LogP contribution >= 0.6 is 11.6 Å². The fourth-order valence-electron chi connectivity index (χ4n) is 3.22. The zero-order chi connectivity index (χ0) is 22.2. The molecular weight excluding hydrogens is 414 g/mol. The van der Waals surface area contributed by atoms with Crippen LogP contribution < -0.4 is 15.8 Å². The fourth-order valence-corrected chi connectivity index (χ4v) is 3.50. The van der Waals surface area contributed by atoms with Gasteiger partial charge in [-0.15, -0.1) is 0 Å². The lowest BCUT2D eigenvalue weighted by molar-refractivity contribution is 0.0136. The van der Waals surface area contributed by atoms with Gasteiger partial charge in [-0.25, -0.2) is 0 Å². The van der Waals surface area contributed by atoms with Crippen molar-refractivity contribution in [1.29, 1.82) is 0 Å². The van der Waals surface area contributed by atoms with Crippen molar-refractivity contribution in [1.82, 2.24) is 5.32 Å². The minimum Gasteiger partial charge on any atom is -0.490 e. The van der Waals surface area contributed by atoms with E-state index < -0.39 is 0 Å². The van der Waals surface area contributed by atoms with Crippen LogP contribution in [0.2, 0.25) is 5.02 Å². The number of ether oxygens (including phenoxy) is 2. The third-order valence-electron chi connectivity index (χ3n) is 5.23. The molecule has 2 aromatic rings. The molecule has 0 amide bonds. The SMILES string of the molecule is CNCCOc1c(C=O)cc(Cc2ccc(/C(C=NC3COC3)=C/N)cc2)c(C)c1Cl. The Kier molecular flexibility index (Phi) is 8.23. The molecule has 3 N–H and O–H groups in total. The van der Waals surface area contributed by atoms with E-state index in [1.807, 2.05) is 44.3 Å². The number of nitrogens with zero attached hydrogens (tertiary/aromatic N) is 1. The van der Waals surface area contributed by atoms with E-state index in [9.17, 15) is 4.79 Å². The molecule has 1 fully saturated rings. The van der Waals surface area contributed by atoms with Crippen LogP contribution in [0.5, 0.6) is 5.75 Å². The number of nitrogens with two attached hydrogens (primary N) is 1. The second kappa shape index (κ2) is 11.1. The number of aliphatic imine (C=N–C) groups is 1. The molecule has 0 unspecified atom stereocenters. The Balaban J connectivity index is 1.76. The zero-order valence-corrected chi connectivity index (χ0v) is 18.6. The van der Waals surface area contributed by atoms with Crippen LogP contribution in [0.15, 0.2) is 41.5 Å². The molecule has 6 nitrogen and oxygen atoms in total. The number of benzene rings is 2. The highest BCUT2D eigenvalue weighted by Gasteiger charge is 2.17. The predicted molar refractivity (Wildman–Crippen MR) is 126 cm³/mol. The predicted octanol–water partition coefficient (Wildman–Crippen LogP) is 3.42. The fraction of sp³-hybridized carbons (Fsp3) is 0.333. The molecule has 3 rings (SSSR count). The number of hydrogen-bond acceptors (Lipinski definition) is 6. The second-order valence-electron chi connectivity index (χ2n) is 7.43. The van der Waals surface area contributed by atoms with E-state index in [0.29, 0.717) is 49.1 Å². The Morgan fingerprint density at radius 2 is 2.10 bits per heavy atom. The van der Waals surface area contributed by atoms with Gasteiger partial charge >= 0.3 is 0 Å². The molecule has 0 saturated carbocycles. The molecule has 0 aromatic heterocycles. The van der Waals surface area contributed by atoms with Gasteiger partial charge in [0.1, 0.15) is 12.4 Å². The van der Waals surface area contributed by atoms with Crippen LogP contribution in [0.4, 0.5) is 0 Å². The summed E-state index contributed by atoms with van der Waals surface area (Å²) in [5, 5.41) is 3.49. The van der Waals surface area contributed by atoms with E-state index in [4.69, 9.17) is 26.8 Å². The Bertz CT molecular complexity index is 967. The van der Waals surface area contributed by atoms with Crippen LogP contribution in [0.3, 0.4) is 0 Å². The molecule has 7 heteroatoms. The van der Waals surface area contributed by atoms with Crippen molar-refractivity contribution in [3.63, 3.8) is 0 Å². The summed E-state index contributed by atoms with van der Waals surface area (Å²) >= 11 is 6.54. The molecule has 31 heavy (non-hydrogen) atoms. The van der Waals surface area contributed by atoms with E-state index in [2.05, 4.69) is 10.3 Å². The molecule has 1 saturated heterocycles. The van der Waals surface area contributed by atoms with Gasteiger partial charge in [0.2, 0.25) is 0 Å². The number of nitrogens with one attached hydrogen (secondary N) is 1. The third-order valence-corrected chi connectivity index (χ3v) is 5.69. The van der Waals surface area contributed by atoms with E-state index in [1.165, 1.54) is 0 Å². The van der Waals surface area contributed by atoms with Crippen LogP contribution in [0.1, 0.15) is 32.6 Å². The topological polar surface area (TPSA) is 85.9 Å². The lowest BCUT2D eigenvalue weighted by Gasteiger charge is -2.21. The number of hydrogen-bond donors (Lipinski definition) is 2. The first kappa shape index (κ1) is 23.0. The standard InChI is InChI=1S/C24H28ClN3O3/c1-16-19(10-20(13-29)24(23(16)25)31-8-7-27-2)9-17-3-5-18(6-4-17)21(11-26)12-28-22-14-30-15-22/h3-6,10-13,22,27H,7-9,14-15,26H2,1-2H3/b21-11+,28-12?. The number of halogens is 1. The first-order valence-electron chi connectivity index (χ1n) is 10.2. The summed E-state index contributed by atoms with van der Waals surface area (Å²) in [5.74, 6) is 0.442. The van der Waals surface area contributed by atoms with Crippen LogP contribution in [-0.2, 0) is 11.2 Å². The summed E-state index contributed by atoms with van der Waals surface area (Å²) in [6.07, 6.45) is 4.80.